The number of pyridine rings is 1. The van der Waals surface area contributed by atoms with E-state index >= 15 is 0 Å². The van der Waals surface area contributed by atoms with Crippen molar-refractivity contribution in [2.45, 2.75) is 45.6 Å². The molecule has 0 saturated heterocycles. The Balaban J connectivity index is 1.84. The van der Waals surface area contributed by atoms with Crippen molar-refractivity contribution in [2.75, 3.05) is 6.54 Å². The minimum Gasteiger partial charge on any atom is -0.336 e. The maximum absolute atomic E-state index is 13.4. The molecule has 134 valence electrons. The summed E-state index contributed by atoms with van der Waals surface area (Å²) in [6, 6.07) is 12.1. The van der Waals surface area contributed by atoms with E-state index in [1.807, 2.05) is 55.1 Å². The van der Waals surface area contributed by atoms with Crippen molar-refractivity contribution in [1.82, 2.24) is 15.0 Å². The van der Waals surface area contributed by atoms with E-state index in [1.165, 1.54) is 12.8 Å². The predicted molar refractivity (Wildman–Crippen MR) is 101 cm³/mol. The molecule has 1 aliphatic rings. The highest BCUT2D eigenvalue weighted by molar-refractivity contribution is 6.07. The van der Waals surface area contributed by atoms with Gasteiger partial charge in [-0.1, -0.05) is 48.3 Å². The van der Waals surface area contributed by atoms with Gasteiger partial charge in [-0.2, -0.15) is 0 Å². The van der Waals surface area contributed by atoms with E-state index < -0.39 is 0 Å². The first-order valence-corrected chi connectivity index (χ1v) is 9.32. The quantitative estimate of drug-likeness (QED) is 0.690. The van der Waals surface area contributed by atoms with Crippen LogP contribution in [0.15, 0.2) is 40.9 Å². The van der Waals surface area contributed by atoms with E-state index in [2.05, 4.69) is 10.1 Å². The first-order chi connectivity index (χ1) is 12.7. The minimum absolute atomic E-state index is 0.0512. The van der Waals surface area contributed by atoms with Crippen LogP contribution in [0.25, 0.3) is 22.4 Å². The van der Waals surface area contributed by atoms with Crippen molar-refractivity contribution >= 4 is 17.0 Å². The molecule has 0 bridgehead atoms. The van der Waals surface area contributed by atoms with Gasteiger partial charge in [-0.3, -0.25) is 4.79 Å². The number of fused-ring (bicyclic) bond motifs is 1. The monoisotopic (exact) mass is 349 g/mol. The van der Waals surface area contributed by atoms with Gasteiger partial charge >= 0.3 is 0 Å². The van der Waals surface area contributed by atoms with Crippen molar-refractivity contribution in [1.29, 1.82) is 0 Å². The molecular weight excluding hydrogens is 326 g/mol. The van der Waals surface area contributed by atoms with Gasteiger partial charge in [0, 0.05) is 18.2 Å². The maximum Gasteiger partial charge on any atom is 0.259 e. The predicted octanol–water partition coefficient (Wildman–Crippen LogP) is 4.60. The lowest BCUT2D eigenvalue weighted by atomic mass is 10.0. The number of hydrogen-bond donors (Lipinski definition) is 0. The molecule has 1 fully saturated rings. The van der Waals surface area contributed by atoms with Crippen LogP contribution in [-0.2, 0) is 0 Å². The summed E-state index contributed by atoms with van der Waals surface area (Å²) in [5.41, 5.74) is 3.47. The second-order valence-corrected chi connectivity index (χ2v) is 6.90. The molecule has 0 unspecified atom stereocenters. The van der Waals surface area contributed by atoms with Crippen molar-refractivity contribution in [3.05, 3.63) is 47.7 Å². The van der Waals surface area contributed by atoms with E-state index in [0.717, 1.165) is 29.5 Å². The van der Waals surface area contributed by atoms with Crippen LogP contribution in [0.1, 0.15) is 48.7 Å². The molecule has 2 aromatic heterocycles. The van der Waals surface area contributed by atoms with Crippen LogP contribution in [0.5, 0.6) is 0 Å². The van der Waals surface area contributed by atoms with Crippen LogP contribution < -0.4 is 0 Å². The Morgan fingerprint density at radius 3 is 2.65 bits per heavy atom. The molecular formula is C21H23N3O2. The number of aromatic nitrogens is 2. The molecule has 0 radical (unpaired) electrons. The largest absolute Gasteiger partial charge is 0.336 e. The van der Waals surface area contributed by atoms with Gasteiger partial charge in [0.1, 0.15) is 0 Å². The lowest BCUT2D eigenvalue weighted by Gasteiger charge is -2.28. The highest BCUT2D eigenvalue weighted by Crippen LogP contribution is 2.30. The van der Waals surface area contributed by atoms with Gasteiger partial charge in [0.15, 0.2) is 0 Å². The highest BCUT2D eigenvalue weighted by atomic mass is 16.5. The lowest BCUT2D eigenvalue weighted by molar-refractivity contribution is 0.0695. The number of carbonyl (C=O) groups is 1. The Bertz CT molecular complexity index is 927. The van der Waals surface area contributed by atoms with Crippen LogP contribution in [0.2, 0.25) is 0 Å². The van der Waals surface area contributed by atoms with Gasteiger partial charge in [-0.25, -0.2) is 4.98 Å². The first-order valence-electron chi connectivity index (χ1n) is 9.32. The van der Waals surface area contributed by atoms with Gasteiger partial charge < -0.3 is 9.42 Å². The first kappa shape index (κ1) is 16.8. The summed E-state index contributed by atoms with van der Waals surface area (Å²) in [6.45, 7) is 4.61. The van der Waals surface area contributed by atoms with Gasteiger partial charge in [-0.05, 0) is 32.8 Å². The second kappa shape index (κ2) is 6.90. The van der Waals surface area contributed by atoms with Gasteiger partial charge in [0.05, 0.1) is 22.3 Å². The molecule has 1 amide bonds. The van der Waals surface area contributed by atoms with Crippen molar-refractivity contribution in [3.63, 3.8) is 0 Å². The molecule has 0 aliphatic heterocycles. The third-order valence-corrected chi connectivity index (χ3v) is 5.28. The summed E-state index contributed by atoms with van der Waals surface area (Å²) in [5, 5.41) is 4.78. The Kier molecular flexibility index (Phi) is 4.45. The summed E-state index contributed by atoms with van der Waals surface area (Å²) in [4.78, 5) is 20.0. The zero-order valence-electron chi connectivity index (χ0n) is 15.2. The molecule has 1 aromatic carbocycles. The van der Waals surface area contributed by atoms with Gasteiger partial charge in [0.25, 0.3) is 11.6 Å². The molecule has 5 heteroatoms. The number of benzene rings is 1. The fraction of sp³-hybridized carbons (Fsp3) is 0.381. The number of aryl methyl sites for hydroxylation is 1. The van der Waals surface area contributed by atoms with E-state index in [0.29, 0.717) is 29.6 Å². The van der Waals surface area contributed by atoms with Crippen molar-refractivity contribution in [3.8, 4) is 11.3 Å². The van der Waals surface area contributed by atoms with Crippen LogP contribution in [-0.4, -0.2) is 33.5 Å². The molecule has 1 saturated carbocycles. The normalized spacial score (nSPS) is 14.8. The van der Waals surface area contributed by atoms with Gasteiger partial charge in [-0.15, -0.1) is 0 Å². The number of carbonyl (C=O) groups excluding carboxylic acids is 1. The molecule has 0 atom stereocenters. The Morgan fingerprint density at radius 1 is 1.23 bits per heavy atom. The summed E-state index contributed by atoms with van der Waals surface area (Å²) >= 11 is 0. The van der Waals surface area contributed by atoms with Crippen LogP contribution >= 0.6 is 0 Å². The molecule has 4 rings (SSSR count). The SMILES string of the molecule is CCN(C(=O)c1cc(-c2ccccc2)nc2onc(C)c12)C1CCCC1. The Labute approximate surface area is 153 Å². The van der Waals surface area contributed by atoms with Crippen LogP contribution in [0.4, 0.5) is 0 Å². The van der Waals surface area contributed by atoms with Gasteiger partial charge in [0.2, 0.25) is 0 Å². The summed E-state index contributed by atoms with van der Waals surface area (Å²) in [7, 11) is 0. The average molecular weight is 349 g/mol. The fourth-order valence-corrected chi connectivity index (χ4v) is 3.96. The molecule has 5 nitrogen and oxygen atoms in total. The number of rotatable bonds is 4. The third kappa shape index (κ3) is 2.87. The molecule has 26 heavy (non-hydrogen) atoms. The van der Waals surface area contributed by atoms with E-state index in [1.54, 1.807) is 0 Å². The zero-order valence-corrected chi connectivity index (χ0v) is 15.2. The smallest absolute Gasteiger partial charge is 0.259 e. The second-order valence-electron chi connectivity index (χ2n) is 6.90. The molecule has 1 aliphatic carbocycles. The zero-order chi connectivity index (χ0) is 18.1. The number of nitrogens with zero attached hydrogens (tertiary/aromatic N) is 3. The topological polar surface area (TPSA) is 59.2 Å². The maximum atomic E-state index is 13.4. The minimum atomic E-state index is 0.0512. The standard InChI is InChI=1S/C21H23N3O2/c1-3-24(16-11-7-8-12-16)21(25)17-13-18(15-9-5-4-6-10-15)22-20-19(17)14(2)23-26-20/h4-6,9-10,13,16H,3,7-8,11-12H2,1-2H3. The van der Waals surface area contributed by atoms with E-state index in [-0.39, 0.29) is 5.91 Å². The summed E-state index contributed by atoms with van der Waals surface area (Å²) in [5.74, 6) is 0.0512. The highest BCUT2D eigenvalue weighted by Gasteiger charge is 2.29. The third-order valence-electron chi connectivity index (χ3n) is 5.28. The molecule has 0 N–H and O–H groups in total. The lowest BCUT2D eigenvalue weighted by Crippen LogP contribution is -2.38. The van der Waals surface area contributed by atoms with E-state index in [4.69, 9.17) is 4.52 Å². The van der Waals surface area contributed by atoms with Crippen LogP contribution in [0.3, 0.4) is 0 Å². The summed E-state index contributed by atoms with van der Waals surface area (Å²) < 4.78 is 5.41. The molecule has 3 aromatic rings. The average Bonchev–Trinajstić information content (AvgIpc) is 3.33. The van der Waals surface area contributed by atoms with E-state index in [9.17, 15) is 4.79 Å². The van der Waals surface area contributed by atoms with Crippen LogP contribution in [0, 0.1) is 6.92 Å². The molecule has 0 spiro atoms. The number of hydrogen-bond acceptors (Lipinski definition) is 4. The summed E-state index contributed by atoms with van der Waals surface area (Å²) in [6.07, 6.45) is 4.56. The Hall–Kier alpha value is -2.69. The van der Waals surface area contributed by atoms with Crippen molar-refractivity contribution in [2.24, 2.45) is 0 Å². The van der Waals surface area contributed by atoms with Crippen molar-refractivity contribution < 1.29 is 9.32 Å². The molecule has 2 heterocycles. The fourth-order valence-electron chi connectivity index (χ4n) is 3.96. The number of amides is 1. The Morgan fingerprint density at radius 2 is 1.96 bits per heavy atom.